The lowest BCUT2D eigenvalue weighted by Crippen LogP contribution is -2.44. The van der Waals surface area contributed by atoms with Gasteiger partial charge in [-0.15, -0.1) is 0 Å². The minimum absolute atomic E-state index is 0.0471. The molecule has 168 valence electrons. The van der Waals surface area contributed by atoms with E-state index in [4.69, 9.17) is 4.43 Å². The summed E-state index contributed by atoms with van der Waals surface area (Å²) in [6.07, 6.45) is 1.63. The number of alkyl halides is 3. The number of benzene rings is 1. The largest absolute Gasteiger partial charge is 0.543 e. The SMILES string of the molecule is CC(C)(C)[Si](C)(C)Oc1ccc2c(c1)CN(C(=O)C(F)(F)F)CCC21C=CC(=O)C=C1. The first kappa shape index (κ1) is 23.3. The Morgan fingerprint density at radius 1 is 1.13 bits per heavy atom. The number of ketones is 1. The van der Waals surface area contributed by atoms with Crippen LogP contribution in [-0.2, 0) is 21.5 Å². The molecule has 0 N–H and O–H groups in total. The van der Waals surface area contributed by atoms with E-state index in [2.05, 4.69) is 33.9 Å². The van der Waals surface area contributed by atoms with Crippen LogP contribution in [0.2, 0.25) is 18.1 Å². The molecular weight excluding hydrogens is 423 g/mol. The van der Waals surface area contributed by atoms with Crippen LogP contribution in [0.3, 0.4) is 0 Å². The number of carbonyl (C=O) groups excluding carboxylic acids is 2. The van der Waals surface area contributed by atoms with Crippen molar-refractivity contribution >= 4 is 20.0 Å². The Kier molecular flexibility index (Phi) is 5.76. The number of hydrogen-bond donors (Lipinski definition) is 0. The number of nitrogens with zero attached hydrogens (tertiary/aromatic N) is 1. The summed E-state index contributed by atoms with van der Waals surface area (Å²) in [4.78, 5) is 24.6. The third-order valence-corrected chi connectivity index (χ3v) is 10.9. The summed E-state index contributed by atoms with van der Waals surface area (Å²) >= 11 is 0. The van der Waals surface area contributed by atoms with Crippen molar-refractivity contribution < 1.29 is 27.2 Å². The molecule has 1 aromatic rings. The van der Waals surface area contributed by atoms with E-state index in [1.807, 2.05) is 12.1 Å². The molecule has 2 aliphatic rings. The van der Waals surface area contributed by atoms with Crippen molar-refractivity contribution in [1.29, 1.82) is 0 Å². The molecule has 0 atom stereocenters. The van der Waals surface area contributed by atoms with Crippen LogP contribution in [0, 0.1) is 0 Å². The van der Waals surface area contributed by atoms with E-state index in [1.165, 1.54) is 12.2 Å². The van der Waals surface area contributed by atoms with Crippen LogP contribution in [0.1, 0.15) is 38.3 Å². The topological polar surface area (TPSA) is 46.6 Å². The first-order valence-corrected chi connectivity index (χ1v) is 13.2. The van der Waals surface area contributed by atoms with Gasteiger partial charge in [-0.3, -0.25) is 9.59 Å². The standard InChI is InChI=1S/C23H28F3NO3Si/c1-21(2,3)31(4,5)30-18-6-7-19-16(14-18)15-27(20(29)23(24,25)26)13-12-22(19)10-8-17(28)9-11-22/h6-11,14H,12-13,15H2,1-5H3. The Morgan fingerprint density at radius 3 is 2.29 bits per heavy atom. The van der Waals surface area contributed by atoms with Gasteiger partial charge in [-0.2, -0.15) is 13.2 Å². The molecule has 1 spiro atoms. The van der Waals surface area contributed by atoms with Crippen LogP contribution in [0.5, 0.6) is 5.75 Å². The molecule has 1 aliphatic carbocycles. The van der Waals surface area contributed by atoms with Crippen LogP contribution in [0.15, 0.2) is 42.5 Å². The van der Waals surface area contributed by atoms with Crippen molar-refractivity contribution in [3.05, 3.63) is 53.6 Å². The molecular formula is C23H28F3NO3Si. The van der Waals surface area contributed by atoms with Crippen LogP contribution in [0.4, 0.5) is 13.2 Å². The highest BCUT2D eigenvalue weighted by Gasteiger charge is 2.45. The van der Waals surface area contributed by atoms with Crippen molar-refractivity contribution in [1.82, 2.24) is 4.90 Å². The molecule has 8 heteroatoms. The van der Waals surface area contributed by atoms with E-state index in [1.54, 1.807) is 18.2 Å². The van der Waals surface area contributed by atoms with Crippen molar-refractivity contribution in [2.24, 2.45) is 0 Å². The molecule has 1 heterocycles. The smallest absolute Gasteiger partial charge is 0.471 e. The van der Waals surface area contributed by atoms with E-state index in [-0.39, 0.29) is 30.3 Å². The summed E-state index contributed by atoms with van der Waals surface area (Å²) < 4.78 is 45.9. The third-order valence-electron chi connectivity index (χ3n) is 6.53. The second kappa shape index (κ2) is 7.65. The fourth-order valence-electron chi connectivity index (χ4n) is 3.68. The lowest BCUT2D eigenvalue weighted by Gasteiger charge is -2.37. The molecule has 0 aromatic heterocycles. The number of hydrogen-bond acceptors (Lipinski definition) is 3. The molecule has 1 amide bonds. The number of rotatable bonds is 2. The molecule has 0 unspecified atom stereocenters. The normalized spacial score (nSPS) is 18.7. The molecule has 1 aromatic carbocycles. The zero-order valence-electron chi connectivity index (χ0n) is 18.5. The summed E-state index contributed by atoms with van der Waals surface area (Å²) in [6.45, 7) is 10.3. The average molecular weight is 452 g/mol. The molecule has 3 rings (SSSR count). The van der Waals surface area contributed by atoms with Gasteiger partial charge >= 0.3 is 12.1 Å². The van der Waals surface area contributed by atoms with Gasteiger partial charge in [0.05, 0.1) is 0 Å². The Hall–Kier alpha value is -2.35. The van der Waals surface area contributed by atoms with Gasteiger partial charge in [-0.05, 0) is 60.0 Å². The lowest BCUT2D eigenvalue weighted by molar-refractivity contribution is -0.186. The number of amides is 1. The number of halogens is 3. The van der Waals surface area contributed by atoms with Gasteiger partial charge in [0.2, 0.25) is 8.32 Å². The molecule has 1 aliphatic heterocycles. The summed E-state index contributed by atoms with van der Waals surface area (Å²) in [5, 5.41) is -0.0471. The maximum absolute atomic E-state index is 13.2. The quantitative estimate of drug-likeness (QED) is 0.574. The van der Waals surface area contributed by atoms with Crippen LogP contribution in [0.25, 0.3) is 0 Å². The minimum Gasteiger partial charge on any atom is -0.543 e. The van der Waals surface area contributed by atoms with Gasteiger partial charge in [0.25, 0.3) is 0 Å². The van der Waals surface area contributed by atoms with Crippen molar-refractivity contribution in [2.45, 2.75) is 63.5 Å². The second-order valence-corrected chi connectivity index (χ2v) is 14.5. The maximum Gasteiger partial charge on any atom is 0.471 e. The van der Waals surface area contributed by atoms with Crippen LogP contribution in [-0.4, -0.2) is 37.6 Å². The van der Waals surface area contributed by atoms with Gasteiger partial charge in [0.15, 0.2) is 5.78 Å². The van der Waals surface area contributed by atoms with Gasteiger partial charge in [-0.1, -0.05) is 39.0 Å². The fraction of sp³-hybridized carbons (Fsp3) is 0.478. The monoisotopic (exact) mass is 451 g/mol. The van der Waals surface area contributed by atoms with Crippen molar-refractivity contribution in [3.8, 4) is 5.75 Å². The summed E-state index contributed by atoms with van der Waals surface area (Å²) in [6, 6.07) is 5.43. The Bertz CT molecular complexity index is 942. The summed E-state index contributed by atoms with van der Waals surface area (Å²) in [7, 11) is -2.16. The van der Waals surface area contributed by atoms with E-state index in [0.717, 1.165) is 10.5 Å². The van der Waals surface area contributed by atoms with Gasteiger partial charge in [0, 0.05) is 18.5 Å². The molecule has 0 bridgehead atoms. The first-order valence-electron chi connectivity index (χ1n) is 10.3. The Balaban J connectivity index is 2.06. The minimum atomic E-state index is -4.94. The highest BCUT2D eigenvalue weighted by atomic mass is 28.4. The van der Waals surface area contributed by atoms with Gasteiger partial charge in [-0.25, -0.2) is 0 Å². The highest BCUT2D eigenvalue weighted by molar-refractivity contribution is 6.74. The number of fused-ring (bicyclic) bond motifs is 2. The molecule has 0 radical (unpaired) electrons. The van der Waals surface area contributed by atoms with Crippen LogP contribution >= 0.6 is 0 Å². The highest BCUT2D eigenvalue weighted by Crippen LogP contribution is 2.42. The number of carbonyl (C=O) groups is 2. The zero-order valence-corrected chi connectivity index (χ0v) is 19.5. The summed E-state index contributed by atoms with van der Waals surface area (Å²) in [5.41, 5.74) is 0.641. The predicted molar refractivity (Wildman–Crippen MR) is 115 cm³/mol. The predicted octanol–water partition coefficient (Wildman–Crippen LogP) is 5.30. The first-order chi connectivity index (χ1) is 14.1. The molecule has 31 heavy (non-hydrogen) atoms. The van der Waals surface area contributed by atoms with Crippen molar-refractivity contribution in [3.63, 3.8) is 0 Å². The van der Waals surface area contributed by atoms with E-state index in [9.17, 15) is 22.8 Å². The molecule has 4 nitrogen and oxygen atoms in total. The Morgan fingerprint density at radius 2 is 1.74 bits per heavy atom. The molecule has 0 saturated heterocycles. The number of allylic oxidation sites excluding steroid dienone is 4. The van der Waals surface area contributed by atoms with Crippen molar-refractivity contribution in [2.75, 3.05) is 6.54 Å². The molecule has 0 fully saturated rings. The molecule has 0 saturated carbocycles. The van der Waals surface area contributed by atoms with Gasteiger partial charge in [0.1, 0.15) is 5.75 Å². The van der Waals surface area contributed by atoms with Crippen LogP contribution < -0.4 is 4.43 Å². The lowest BCUT2D eigenvalue weighted by atomic mass is 9.73. The zero-order chi connectivity index (χ0) is 23.2. The second-order valence-electron chi connectivity index (χ2n) is 9.77. The Labute approximate surface area is 181 Å². The third kappa shape index (κ3) is 4.63. The summed E-state index contributed by atoms with van der Waals surface area (Å²) in [5.74, 6) is -1.44. The fourth-order valence-corrected chi connectivity index (χ4v) is 4.70. The van der Waals surface area contributed by atoms with E-state index in [0.29, 0.717) is 11.3 Å². The maximum atomic E-state index is 13.2. The van der Waals surface area contributed by atoms with E-state index >= 15 is 0 Å². The average Bonchev–Trinajstić information content (AvgIpc) is 2.79. The van der Waals surface area contributed by atoms with Gasteiger partial charge < -0.3 is 9.33 Å². The van der Waals surface area contributed by atoms with E-state index < -0.39 is 25.8 Å².